The first kappa shape index (κ1) is 17.5. The van der Waals surface area contributed by atoms with Gasteiger partial charge in [0.15, 0.2) is 0 Å². The number of hydrogen-bond donors (Lipinski definition) is 2. The Kier molecular flexibility index (Phi) is 9.79. The zero-order valence-corrected chi connectivity index (χ0v) is 14.4. The largest absolute Gasteiger partial charge is 0.324 e. The lowest BCUT2D eigenvalue weighted by molar-refractivity contribution is -0.115. The molecule has 0 saturated heterocycles. The van der Waals surface area contributed by atoms with E-state index in [4.69, 9.17) is 0 Å². The van der Waals surface area contributed by atoms with Crippen LogP contribution >= 0.6 is 27.7 Å². The molecule has 0 bridgehead atoms. The molecule has 0 aliphatic heterocycles. The number of unbranched alkanes of at least 4 members (excludes halogenated alkanes) is 3. The Morgan fingerprint density at radius 2 is 1.95 bits per heavy atom. The molecule has 1 amide bonds. The summed E-state index contributed by atoms with van der Waals surface area (Å²) in [5.41, 5.74) is 0.816. The molecule has 1 aromatic carbocycles. The third-order valence-electron chi connectivity index (χ3n) is 2.89. The molecule has 0 spiro atoms. The van der Waals surface area contributed by atoms with E-state index in [9.17, 15) is 4.79 Å². The molecule has 0 heterocycles. The minimum atomic E-state index is -0.000664. The quantitative estimate of drug-likeness (QED) is 0.623. The van der Waals surface area contributed by atoms with Crippen molar-refractivity contribution in [1.29, 1.82) is 0 Å². The second-order valence-corrected chi connectivity index (χ2v) is 6.45. The lowest BCUT2D eigenvalue weighted by Gasteiger charge is -2.08. The summed E-state index contributed by atoms with van der Waals surface area (Å²) in [6.07, 6.45) is 7.09. The molecule has 3 nitrogen and oxygen atoms in total. The Bertz CT molecular complexity index is 401. The number of hydrogen-bond acceptors (Lipinski definition) is 3. The van der Waals surface area contributed by atoms with Gasteiger partial charge in [-0.1, -0.05) is 25.0 Å². The molecule has 1 rings (SSSR count). The van der Waals surface area contributed by atoms with Gasteiger partial charge in [0.25, 0.3) is 0 Å². The number of rotatable bonds is 10. The number of benzene rings is 1. The highest BCUT2D eigenvalue weighted by atomic mass is 79.9. The molecule has 0 aromatic heterocycles. The third kappa shape index (κ3) is 7.92. The maximum atomic E-state index is 11.7. The highest BCUT2D eigenvalue weighted by molar-refractivity contribution is 9.10. The maximum absolute atomic E-state index is 11.7. The van der Waals surface area contributed by atoms with E-state index in [0.29, 0.717) is 6.54 Å². The predicted octanol–water partition coefficient (Wildman–Crippen LogP) is 3.90. The van der Waals surface area contributed by atoms with E-state index >= 15 is 0 Å². The average molecular weight is 359 g/mol. The third-order valence-corrected chi connectivity index (χ3v) is 4.27. The smallest absolute Gasteiger partial charge is 0.238 e. The maximum Gasteiger partial charge on any atom is 0.238 e. The molecule has 5 heteroatoms. The van der Waals surface area contributed by atoms with E-state index in [2.05, 4.69) is 32.8 Å². The van der Waals surface area contributed by atoms with Crippen molar-refractivity contribution in [3.05, 3.63) is 28.7 Å². The van der Waals surface area contributed by atoms with Crippen molar-refractivity contribution in [2.24, 2.45) is 0 Å². The van der Waals surface area contributed by atoms with Crippen molar-refractivity contribution in [2.75, 3.05) is 30.4 Å². The van der Waals surface area contributed by atoms with Crippen LogP contribution in [0.1, 0.15) is 25.7 Å². The Morgan fingerprint density at radius 1 is 1.20 bits per heavy atom. The van der Waals surface area contributed by atoms with Gasteiger partial charge < -0.3 is 10.6 Å². The van der Waals surface area contributed by atoms with Gasteiger partial charge in [0.2, 0.25) is 5.91 Å². The zero-order chi connectivity index (χ0) is 14.6. The number of amides is 1. The number of halogens is 1. The minimum Gasteiger partial charge on any atom is -0.324 e. The fourth-order valence-electron chi connectivity index (χ4n) is 1.81. The van der Waals surface area contributed by atoms with Crippen molar-refractivity contribution in [3.8, 4) is 0 Å². The van der Waals surface area contributed by atoms with Crippen molar-refractivity contribution in [1.82, 2.24) is 5.32 Å². The van der Waals surface area contributed by atoms with E-state index in [1.165, 1.54) is 25.0 Å². The standard InChI is InChI=1S/C15H23BrN2OS/c1-20-11-7-3-2-6-10-17-12-15(19)18-14-9-5-4-8-13(14)16/h4-5,8-9,17H,2-3,6-7,10-12H2,1H3,(H,18,19). The summed E-state index contributed by atoms with van der Waals surface area (Å²) < 4.78 is 0.905. The number of carbonyl (C=O) groups is 1. The lowest BCUT2D eigenvalue weighted by Crippen LogP contribution is -2.28. The highest BCUT2D eigenvalue weighted by Crippen LogP contribution is 2.20. The summed E-state index contributed by atoms with van der Waals surface area (Å²) in [5.74, 6) is 1.25. The van der Waals surface area contributed by atoms with Gasteiger partial charge in [0.1, 0.15) is 0 Å². The second-order valence-electron chi connectivity index (χ2n) is 4.61. The van der Waals surface area contributed by atoms with Crippen LogP contribution in [0, 0.1) is 0 Å². The summed E-state index contributed by atoms with van der Waals surface area (Å²) in [7, 11) is 0. The fourth-order valence-corrected chi connectivity index (χ4v) is 2.69. The molecule has 0 radical (unpaired) electrons. The van der Waals surface area contributed by atoms with E-state index in [1.807, 2.05) is 36.0 Å². The van der Waals surface area contributed by atoms with E-state index in [-0.39, 0.29) is 5.91 Å². The number of para-hydroxylation sites is 1. The molecule has 0 aliphatic carbocycles. The summed E-state index contributed by atoms with van der Waals surface area (Å²) in [6.45, 7) is 1.27. The lowest BCUT2D eigenvalue weighted by atomic mass is 10.2. The van der Waals surface area contributed by atoms with Crippen LogP contribution in [0.15, 0.2) is 28.7 Å². The molecule has 0 fully saturated rings. The first-order chi connectivity index (χ1) is 9.74. The van der Waals surface area contributed by atoms with Crippen LogP contribution in [0.3, 0.4) is 0 Å². The molecular formula is C15H23BrN2OS. The van der Waals surface area contributed by atoms with Crippen molar-refractivity contribution in [2.45, 2.75) is 25.7 Å². The Balaban J connectivity index is 2.05. The summed E-state index contributed by atoms with van der Waals surface area (Å²) in [6, 6.07) is 7.63. The number of carbonyl (C=O) groups excluding carboxylic acids is 1. The molecule has 0 atom stereocenters. The topological polar surface area (TPSA) is 41.1 Å². The van der Waals surface area contributed by atoms with Gasteiger partial charge in [-0.25, -0.2) is 0 Å². The van der Waals surface area contributed by atoms with Crippen LogP contribution in [0.25, 0.3) is 0 Å². The van der Waals surface area contributed by atoms with Crippen LogP contribution < -0.4 is 10.6 Å². The Morgan fingerprint density at radius 3 is 2.70 bits per heavy atom. The number of anilines is 1. The molecule has 112 valence electrons. The van der Waals surface area contributed by atoms with Crippen molar-refractivity contribution >= 4 is 39.3 Å². The van der Waals surface area contributed by atoms with Crippen molar-refractivity contribution in [3.63, 3.8) is 0 Å². The normalized spacial score (nSPS) is 10.5. The van der Waals surface area contributed by atoms with Gasteiger partial charge in [-0.05, 0) is 59.5 Å². The first-order valence-electron chi connectivity index (χ1n) is 6.98. The SMILES string of the molecule is CSCCCCCCNCC(=O)Nc1ccccc1Br. The van der Waals surface area contributed by atoms with E-state index in [1.54, 1.807) is 0 Å². The molecule has 0 unspecified atom stereocenters. The van der Waals surface area contributed by atoms with Crippen LogP contribution in [0.5, 0.6) is 0 Å². The van der Waals surface area contributed by atoms with Gasteiger partial charge in [0, 0.05) is 4.47 Å². The molecule has 1 aromatic rings. The summed E-state index contributed by atoms with van der Waals surface area (Å²) >= 11 is 5.31. The number of nitrogens with one attached hydrogen (secondary N) is 2. The minimum absolute atomic E-state index is 0.000664. The monoisotopic (exact) mass is 358 g/mol. The van der Waals surface area contributed by atoms with Gasteiger partial charge in [-0.2, -0.15) is 11.8 Å². The van der Waals surface area contributed by atoms with Crippen LogP contribution in [-0.4, -0.2) is 31.0 Å². The van der Waals surface area contributed by atoms with Crippen LogP contribution in [0.4, 0.5) is 5.69 Å². The summed E-state index contributed by atoms with van der Waals surface area (Å²) in [4.78, 5) is 11.7. The van der Waals surface area contributed by atoms with Gasteiger partial charge in [0.05, 0.1) is 12.2 Å². The number of thioether (sulfide) groups is 1. The van der Waals surface area contributed by atoms with E-state index < -0.39 is 0 Å². The van der Waals surface area contributed by atoms with Crippen LogP contribution in [-0.2, 0) is 4.79 Å². The fraction of sp³-hybridized carbons (Fsp3) is 0.533. The van der Waals surface area contributed by atoms with Gasteiger partial charge in [-0.15, -0.1) is 0 Å². The van der Waals surface area contributed by atoms with E-state index in [0.717, 1.165) is 23.1 Å². The molecule has 0 aliphatic rings. The zero-order valence-electron chi connectivity index (χ0n) is 12.0. The molecular weight excluding hydrogens is 336 g/mol. The molecule has 20 heavy (non-hydrogen) atoms. The second kappa shape index (κ2) is 11.2. The van der Waals surface area contributed by atoms with Crippen LogP contribution in [0.2, 0.25) is 0 Å². The van der Waals surface area contributed by atoms with Gasteiger partial charge >= 0.3 is 0 Å². The van der Waals surface area contributed by atoms with Gasteiger partial charge in [-0.3, -0.25) is 4.79 Å². The van der Waals surface area contributed by atoms with Crippen molar-refractivity contribution < 1.29 is 4.79 Å². The Labute approximate surface area is 134 Å². The highest BCUT2D eigenvalue weighted by Gasteiger charge is 2.03. The Hall–Kier alpha value is -0.520. The molecule has 0 saturated carbocycles. The first-order valence-corrected chi connectivity index (χ1v) is 9.16. The molecule has 2 N–H and O–H groups in total. The average Bonchev–Trinajstić information content (AvgIpc) is 2.44. The predicted molar refractivity (Wildman–Crippen MR) is 92.5 cm³/mol. The summed E-state index contributed by atoms with van der Waals surface area (Å²) in [5, 5.41) is 6.06.